The highest BCUT2D eigenvalue weighted by Crippen LogP contribution is 2.25. The summed E-state index contributed by atoms with van der Waals surface area (Å²) in [7, 11) is 3.67. The first-order valence-corrected chi connectivity index (χ1v) is 11.1. The first-order chi connectivity index (χ1) is 15.9. The summed E-state index contributed by atoms with van der Waals surface area (Å²) in [4.78, 5) is 41.0. The molecule has 1 aromatic heterocycles. The number of oxazole rings is 1. The van der Waals surface area contributed by atoms with Crippen LogP contribution in [0, 0.1) is 0 Å². The first kappa shape index (κ1) is 22.8. The van der Waals surface area contributed by atoms with E-state index < -0.39 is 5.76 Å². The second-order valence-electron chi connectivity index (χ2n) is 8.28. The Morgan fingerprint density at radius 2 is 1.97 bits per heavy atom. The Morgan fingerprint density at radius 3 is 2.73 bits per heavy atom. The Morgan fingerprint density at radius 1 is 1.15 bits per heavy atom. The Labute approximate surface area is 192 Å². The number of hydrogen-bond acceptors (Lipinski definition) is 6. The van der Waals surface area contributed by atoms with Gasteiger partial charge in [0, 0.05) is 56.6 Å². The fraction of sp³-hybridized carbons (Fsp3) is 0.375. The zero-order valence-corrected chi connectivity index (χ0v) is 19.1. The monoisotopic (exact) mass is 451 g/mol. The maximum Gasteiger partial charge on any atom is 0.419 e. The predicted molar refractivity (Wildman–Crippen MR) is 126 cm³/mol. The summed E-state index contributed by atoms with van der Waals surface area (Å²) in [6.45, 7) is 4.90. The van der Waals surface area contributed by atoms with E-state index in [0.717, 1.165) is 18.7 Å². The summed E-state index contributed by atoms with van der Waals surface area (Å²) in [6, 6.07) is 12.9. The summed E-state index contributed by atoms with van der Waals surface area (Å²) < 4.78 is 6.83. The molecular weight excluding hydrogens is 422 g/mol. The summed E-state index contributed by atoms with van der Waals surface area (Å²) in [6.07, 6.45) is 0. The third-order valence-electron chi connectivity index (χ3n) is 6.13. The zero-order valence-electron chi connectivity index (χ0n) is 19.1. The van der Waals surface area contributed by atoms with Gasteiger partial charge in [0.2, 0.25) is 5.91 Å². The number of amides is 2. The molecular formula is C24H29N5O4. The van der Waals surface area contributed by atoms with Gasteiger partial charge < -0.3 is 15.1 Å². The molecule has 0 saturated carbocycles. The number of benzene rings is 2. The molecule has 33 heavy (non-hydrogen) atoms. The second kappa shape index (κ2) is 9.60. The lowest BCUT2D eigenvalue weighted by atomic mass is 10.00. The number of piperazine rings is 1. The van der Waals surface area contributed by atoms with Crippen LogP contribution in [0.2, 0.25) is 0 Å². The number of nitrogens with zero attached hydrogens (tertiary/aromatic N) is 3. The lowest BCUT2D eigenvalue weighted by Crippen LogP contribution is -2.48. The highest BCUT2D eigenvalue weighted by Gasteiger charge is 2.27. The number of likely N-dealkylation sites (N-methyl/N-ethyl adjacent to an activating group) is 1. The van der Waals surface area contributed by atoms with Gasteiger partial charge in [-0.25, -0.2) is 4.79 Å². The van der Waals surface area contributed by atoms with Gasteiger partial charge in [0.1, 0.15) is 0 Å². The molecule has 3 aromatic rings. The van der Waals surface area contributed by atoms with Crippen LogP contribution in [0.25, 0.3) is 11.1 Å². The number of rotatable bonds is 6. The molecule has 2 heterocycles. The minimum Gasteiger partial charge on any atom is -0.408 e. The van der Waals surface area contributed by atoms with Crippen LogP contribution in [0.3, 0.4) is 0 Å². The molecule has 1 aliphatic heterocycles. The molecule has 4 rings (SSSR count). The minimum atomic E-state index is -0.403. The number of aromatic nitrogens is 1. The molecule has 2 N–H and O–H groups in total. The molecule has 9 heteroatoms. The molecule has 0 radical (unpaired) electrons. The van der Waals surface area contributed by atoms with Crippen LogP contribution < -0.4 is 16.4 Å². The van der Waals surface area contributed by atoms with Crippen molar-refractivity contribution in [3.63, 3.8) is 0 Å². The summed E-state index contributed by atoms with van der Waals surface area (Å²) in [5.74, 6) is -0.650. The number of carbonyl (C=O) groups is 2. The van der Waals surface area contributed by atoms with E-state index in [-0.39, 0.29) is 24.4 Å². The average Bonchev–Trinajstić information content (AvgIpc) is 3.13. The fourth-order valence-corrected chi connectivity index (χ4v) is 4.31. The molecule has 1 unspecified atom stereocenters. The van der Waals surface area contributed by atoms with E-state index in [9.17, 15) is 14.4 Å². The van der Waals surface area contributed by atoms with Crippen molar-refractivity contribution in [1.29, 1.82) is 0 Å². The van der Waals surface area contributed by atoms with Crippen molar-refractivity contribution in [3.05, 3.63) is 64.1 Å². The quantitative estimate of drug-likeness (QED) is 0.594. The van der Waals surface area contributed by atoms with Crippen molar-refractivity contribution in [2.75, 3.05) is 45.6 Å². The van der Waals surface area contributed by atoms with E-state index >= 15 is 0 Å². The maximum absolute atomic E-state index is 12.7. The molecule has 0 bridgehead atoms. The predicted octanol–water partition coefficient (Wildman–Crippen LogP) is 1.90. The van der Waals surface area contributed by atoms with Crippen LogP contribution >= 0.6 is 0 Å². The van der Waals surface area contributed by atoms with Gasteiger partial charge in [0.15, 0.2) is 5.58 Å². The number of carbonyl (C=O) groups excluding carboxylic acids is 2. The van der Waals surface area contributed by atoms with Crippen molar-refractivity contribution in [2.24, 2.45) is 0 Å². The van der Waals surface area contributed by atoms with Crippen LogP contribution in [0.1, 0.15) is 28.9 Å². The van der Waals surface area contributed by atoms with E-state index in [2.05, 4.69) is 27.5 Å². The van der Waals surface area contributed by atoms with E-state index in [1.165, 1.54) is 0 Å². The van der Waals surface area contributed by atoms with E-state index in [0.29, 0.717) is 35.4 Å². The second-order valence-corrected chi connectivity index (χ2v) is 8.28. The van der Waals surface area contributed by atoms with Gasteiger partial charge in [-0.3, -0.25) is 24.0 Å². The smallest absolute Gasteiger partial charge is 0.408 e. The lowest BCUT2D eigenvalue weighted by molar-refractivity contribution is -0.118. The summed E-state index contributed by atoms with van der Waals surface area (Å²) >= 11 is 0. The zero-order chi connectivity index (χ0) is 23.5. The lowest BCUT2D eigenvalue weighted by Gasteiger charge is -2.39. The van der Waals surface area contributed by atoms with Gasteiger partial charge in [-0.1, -0.05) is 12.1 Å². The van der Waals surface area contributed by atoms with Gasteiger partial charge in [0.05, 0.1) is 12.1 Å². The van der Waals surface area contributed by atoms with Gasteiger partial charge in [0.25, 0.3) is 5.91 Å². The molecule has 174 valence electrons. The van der Waals surface area contributed by atoms with Crippen LogP contribution in [-0.2, 0) is 11.3 Å². The van der Waals surface area contributed by atoms with Gasteiger partial charge in [-0.2, -0.15) is 0 Å². The van der Waals surface area contributed by atoms with E-state index in [1.807, 2.05) is 25.1 Å². The van der Waals surface area contributed by atoms with Gasteiger partial charge >= 0.3 is 5.76 Å². The summed E-state index contributed by atoms with van der Waals surface area (Å²) in [5, 5.41) is 5.57. The average molecular weight is 452 g/mol. The molecule has 1 aliphatic rings. The van der Waals surface area contributed by atoms with Crippen molar-refractivity contribution >= 4 is 28.6 Å². The standard InChI is InChI=1S/C24H29N5O4/c1-4-29-19-9-8-18(13-21(19)33-24(29)32)26-22(30)15-28-11-10-27(3)20(14-28)16-6-5-7-17(12-16)23(31)25-2/h5-9,12-13,20H,4,10-11,14-15H2,1-3H3,(H,25,31)(H,26,30). The number of fused-ring (bicyclic) bond motifs is 1. The molecule has 9 nitrogen and oxygen atoms in total. The number of nitrogens with one attached hydrogen (secondary N) is 2. The topological polar surface area (TPSA) is 99.8 Å². The molecule has 0 spiro atoms. The number of aryl methyl sites for hydroxylation is 1. The highest BCUT2D eigenvalue weighted by atomic mass is 16.4. The number of hydrogen-bond donors (Lipinski definition) is 2. The first-order valence-electron chi connectivity index (χ1n) is 11.1. The molecule has 2 amide bonds. The molecule has 0 aliphatic carbocycles. The van der Waals surface area contributed by atoms with Gasteiger partial charge in [-0.15, -0.1) is 0 Å². The Kier molecular flexibility index (Phi) is 6.62. The molecule has 1 atom stereocenters. The van der Waals surface area contributed by atoms with Crippen molar-refractivity contribution in [1.82, 2.24) is 19.7 Å². The van der Waals surface area contributed by atoms with E-state index in [4.69, 9.17) is 4.42 Å². The highest BCUT2D eigenvalue weighted by molar-refractivity contribution is 5.94. The normalized spacial score (nSPS) is 17.2. The molecule has 1 fully saturated rings. The maximum atomic E-state index is 12.7. The third kappa shape index (κ3) is 4.84. The SMILES string of the molecule is CCn1c(=O)oc2cc(NC(=O)CN3CCN(C)C(c4cccc(C(=O)NC)c4)C3)ccc21. The molecule has 1 saturated heterocycles. The van der Waals surface area contributed by atoms with Crippen molar-refractivity contribution in [3.8, 4) is 0 Å². The number of anilines is 1. The molecule has 2 aromatic carbocycles. The fourth-order valence-electron chi connectivity index (χ4n) is 4.31. The summed E-state index contributed by atoms with van der Waals surface area (Å²) in [5.41, 5.74) is 3.42. The van der Waals surface area contributed by atoms with Crippen molar-refractivity contribution in [2.45, 2.75) is 19.5 Å². The Balaban J connectivity index is 1.43. The van der Waals surface area contributed by atoms with Gasteiger partial charge in [-0.05, 0) is 43.8 Å². The minimum absolute atomic E-state index is 0.0792. The van der Waals surface area contributed by atoms with Crippen LogP contribution in [0.5, 0.6) is 0 Å². The largest absolute Gasteiger partial charge is 0.419 e. The third-order valence-corrected chi connectivity index (χ3v) is 6.13. The Hall–Kier alpha value is -3.43. The van der Waals surface area contributed by atoms with Crippen LogP contribution in [-0.4, -0.2) is 66.5 Å². The van der Waals surface area contributed by atoms with Crippen molar-refractivity contribution < 1.29 is 14.0 Å². The Bertz CT molecular complexity index is 1230. The van der Waals surface area contributed by atoms with E-state index in [1.54, 1.807) is 35.9 Å². The van der Waals surface area contributed by atoms with Crippen LogP contribution in [0.4, 0.5) is 5.69 Å². The van der Waals surface area contributed by atoms with Crippen LogP contribution in [0.15, 0.2) is 51.7 Å².